The maximum absolute atomic E-state index is 6.16. The molecule has 0 saturated carbocycles. The monoisotopic (exact) mass is 273 g/mol. The molecule has 96 valence electrons. The Kier molecular flexibility index (Phi) is 3.09. The summed E-state index contributed by atoms with van der Waals surface area (Å²) in [6.45, 7) is 0. The maximum Gasteiger partial charge on any atom is 0.164 e. The van der Waals surface area contributed by atoms with Crippen molar-refractivity contribution < 1.29 is 4.74 Å². The molecule has 2 aromatic heterocycles. The predicted molar refractivity (Wildman–Crippen MR) is 73.8 cm³/mol. The van der Waals surface area contributed by atoms with E-state index in [2.05, 4.69) is 10.2 Å². The lowest BCUT2D eigenvalue weighted by molar-refractivity contribution is 0.414. The third-order valence-electron chi connectivity index (χ3n) is 2.99. The van der Waals surface area contributed by atoms with Crippen molar-refractivity contribution in [3.8, 4) is 5.75 Å². The van der Waals surface area contributed by atoms with Crippen molar-refractivity contribution in [2.45, 2.75) is 6.42 Å². The average molecular weight is 274 g/mol. The second-order valence-electron chi connectivity index (χ2n) is 4.18. The van der Waals surface area contributed by atoms with E-state index in [0.29, 0.717) is 6.42 Å². The Morgan fingerprint density at radius 1 is 1.21 bits per heavy atom. The van der Waals surface area contributed by atoms with Crippen molar-refractivity contribution in [3.63, 3.8) is 0 Å². The summed E-state index contributed by atoms with van der Waals surface area (Å²) in [6, 6.07) is 11.5. The first-order valence-corrected chi connectivity index (χ1v) is 6.27. The van der Waals surface area contributed by atoms with Crippen molar-refractivity contribution >= 4 is 17.2 Å². The summed E-state index contributed by atoms with van der Waals surface area (Å²) in [5, 5.41) is 9.09. The van der Waals surface area contributed by atoms with E-state index in [0.717, 1.165) is 27.8 Å². The minimum Gasteiger partial charge on any atom is -0.497 e. The molecule has 0 unspecified atom stereocenters. The number of rotatable bonds is 3. The number of benzene rings is 1. The van der Waals surface area contributed by atoms with Crippen LogP contribution in [-0.4, -0.2) is 21.7 Å². The number of nitrogens with zero attached hydrogens (tertiary/aromatic N) is 3. The minimum absolute atomic E-state index is 0.646. The Morgan fingerprint density at radius 2 is 2.05 bits per heavy atom. The molecule has 3 aromatic rings. The molecule has 19 heavy (non-hydrogen) atoms. The second kappa shape index (κ2) is 4.90. The lowest BCUT2D eigenvalue weighted by Crippen LogP contribution is -1.97. The van der Waals surface area contributed by atoms with Gasteiger partial charge < -0.3 is 4.74 Å². The summed E-state index contributed by atoms with van der Waals surface area (Å²) in [6.07, 6.45) is 2.55. The average Bonchev–Trinajstić information content (AvgIpc) is 2.83. The summed E-state index contributed by atoms with van der Waals surface area (Å²) < 4.78 is 7.10. The number of hydrogen-bond acceptors (Lipinski definition) is 3. The van der Waals surface area contributed by atoms with Gasteiger partial charge in [-0.2, -0.15) is 0 Å². The van der Waals surface area contributed by atoms with Gasteiger partial charge in [-0.05, 0) is 17.7 Å². The van der Waals surface area contributed by atoms with Gasteiger partial charge in [0.15, 0.2) is 5.65 Å². The number of aromatic nitrogens is 3. The van der Waals surface area contributed by atoms with Crippen LogP contribution in [0.2, 0.25) is 5.02 Å². The zero-order valence-corrected chi connectivity index (χ0v) is 11.1. The van der Waals surface area contributed by atoms with Gasteiger partial charge in [0.2, 0.25) is 0 Å². The zero-order chi connectivity index (χ0) is 13.2. The molecule has 3 rings (SSSR count). The van der Waals surface area contributed by atoms with Gasteiger partial charge in [-0.1, -0.05) is 29.8 Å². The van der Waals surface area contributed by atoms with Crippen LogP contribution in [0.5, 0.6) is 5.75 Å². The fraction of sp³-hybridized carbons (Fsp3) is 0.143. The first-order valence-electron chi connectivity index (χ1n) is 5.89. The van der Waals surface area contributed by atoms with Gasteiger partial charge in [0.25, 0.3) is 0 Å². The Balaban J connectivity index is 2.00. The SMILES string of the molecule is COc1ccn2c(Cc3ccccc3Cl)nnc2c1. The van der Waals surface area contributed by atoms with Crippen LogP contribution in [0.1, 0.15) is 11.4 Å². The number of methoxy groups -OCH3 is 1. The van der Waals surface area contributed by atoms with Crippen LogP contribution in [0.4, 0.5) is 0 Å². The van der Waals surface area contributed by atoms with E-state index in [1.54, 1.807) is 7.11 Å². The third kappa shape index (κ3) is 2.27. The minimum atomic E-state index is 0.646. The van der Waals surface area contributed by atoms with Crippen molar-refractivity contribution in [1.29, 1.82) is 0 Å². The Morgan fingerprint density at radius 3 is 2.84 bits per heavy atom. The summed E-state index contributed by atoms with van der Waals surface area (Å²) in [4.78, 5) is 0. The quantitative estimate of drug-likeness (QED) is 0.736. The highest BCUT2D eigenvalue weighted by atomic mass is 35.5. The molecule has 0 aliphatic rings. The lowest BCUT2D eigenvalue weighted by Gasteiger charge is -2.03. The smallest absolute Gasteiger partial charge is 0.164 e. The summed E-state index contributed by atoms with van der Waals surface area (Å²) in [5.74, 6) is 1.62. The fourth-order valence-electron chi connectivity index (χ4n) is 1.98. The molecule has 0 saturated heterocycles. The van der Waals surface area contributed by atoms with E-state index in [4.69, 9.17) is 16.3 Å². The summed E-state index contributed by atoms with van der Waals surface area (Å²) >= 11 is 6.16. The third-order valence-corrected chi connectivity index (χ3v) is 3.36. The highest BCUT2D eigenvalue weighted by molar-refractivity contribution is 6.31. The van der Waals surface area contributed by atoms with E-state index in [-0.39, 0.29) is 0 Å². The van der Waals surface area contributed by atoms with Crippen LogP contribution < -0.4 is 4.74 Å². The van der Waals surface area contributed by atoms with Crippen molar-refractivity contribution in [1.82, 2.24) is 14.6 Å². The molecule has 0 N–H and O–H groups in total. The van der Waals surface area contributed by atoms with Crippen LogP contribution in [0, 0.1) is 0 Å². The molecule has 0 amide bonds. The topological polar surface area (TPSA) is 39.4 Å². The van der Waals surface area contributed by atoms with E-state index in [1.807, 2.05) is 47.0 Å². The molecule has 5 heteroatoms. The van der Waals surface area contributed by atoms with Gasteiger partial charge in [0, 0.05) is 23.7 Å². The molecule has 2 heterocycles. The number of halogens is 1. The molecule has 4 nitrogen and oxygen atoms in total. The first-order chi connectivity index (χ1) is 9.28. The van der Waals surface area contributed by atoms with Crippen LogP contribution >= 0.6 is 11.6 Å². The molecule has 0 atom stereocenters. The van der Waals surface area contributed by atoms with Gasteiger partial charge in [-0.15, -0.1) is 10.2 Å². The fourth-order valence-corrected chi connectivity index (χ4v) is 2.18. The predicted octanol–water partition coefficient (Wildman–Crippen LogP) is 2.98. The van der Waals surface area contributed by atoms with Crippen LogP contribution in [-0.2, 0) is 6.42 Å². The van der Waals surface area contributed by atoms with Gasteiger partial charge in [0.1, 0.15) is 11.6 Å². The van der Waals surface area contributed by atoms with E-state index in [9.17, 15) is 0 Å². The van der Waals surface area contributed by atoms with E-state index >= 15 is 0 Å². The second-order valence-corrected chi connectivity index (χ2v) is 4.59. The van der Waals surface area contributed by atoms with Crippen LogP contribution in [0.15, 0.2) is 42.6 Å². The Bertz CT molecular complexity index is 724. The molecule has 0 aliphatic heterocycles. The lowest BCUT2D eigenvalue weighted by atomic mass is 10.1. The van der Waals surface area contributed by atoms with Gasteiger partial charge in [-0.25, -0.2) is 0 Å². The van der Waals surface area contributed by atoms with E-state index < -0.39 is 0 Å². The van der Waals surface area contributed by atoms with E-state index in [1.165, 1.54) is 0 Å². The van der Waals surface area contributed by atoms with Gasteiger partial charge >= 0.3 is 0 Å². The Hall–Kier alpha value is -2.07. The standard InChI is InChI=1S/C14H12ClN3O/c1-19-11-6-7-18-13(16-17-14(18)9-11)8-10-4-2-3-5-12(10)15/h2-7,9H,8H2,1H3. The normalized spacial score (nSPS) is 10.8. The molecule has 0 aliphatic carbocycles. The Labute approximate surface area is 115 Å². The molecule has 0 bridgehead atoms. The van der Waals surface area contributed by atoms with Crippen LogP contribution in [0.25, 0.3) is 5.65 Å². The molecular weight excluding hydrogens is 262 g/mol. The summed E-state index contributed by atoms with van der Waals surface area (Å²) in [5.41, 5.74) is 1.80. The highest BCUT2D eigenvalue weighted by Crippen LogP contribution is 2.19. The molecular formula is C14H12ClN3O. The van der Waals surface area contributed by atoms with Crippen molar-refractivity contribution in [2.75, 3.05) is 7.11 Å². The maximum atomic E-state index is 6.16. The highest BCUT2D eigenvalue weighted by Gasteiger charge is 2.09. The number of fused-ring (bicyclic) bond motifs is 1. The zero-order valence-electron chi connectivity index (χ0n) is 10.4. The number of ether oxygens (including phenoxy) is 1. The van der Waals surface area contributed by atoms with Crippen molar-refractivity contribution in [3.05, 3.63) is 59.0 Å². The molecule has 0 spiro atoms. The van der Waals surface area contributed by atoms with Gasteiger partial charge in [0.05, 0.1) is 7.11 Å². The first kappa shape index (κ1) is 12.0. The summed E-state index contributed by atoms with van der Waals surface area (Å²) in [7, 11) is 1.63. The number of pyridine rings is 1. The molecule has 1 aromatic carbocycles. The molecule has 0 radical (unpaired) electrons. The largest absolute Gasteiger partial charge is 0.497 e. The van der Waals surface area contributed by atoms with Crippen LogP contribution in [0.3, 0.4) is 0 Å². The number of hydrogen-bond donors (Lipinski definition) is 0. The van der Waals surface area contributed by atoms with Gasteiger partial charge in [-0.3, -0.25) is 4.40 Å². The van der Waals surface area contributed by atoms with Crippen molar-refractivity contribution in [2.24, 2.45) is 0 Å². The molecule has 0 fully saturated rings.